The van der Waals surface area contributed by atoms with E-state index >= 15 is 0 Å². The van der Waals surface area contributed by atoms with Crippen molar-refractivity contribution in [3.8, 4) is 0 Å². The van der Waals surface area contributed by atoms with Crippen molar-refractivity contribution in [2.24, 2.45) is 5.92 Å². The van der Waals surface area contributed by atoms with Crippen LogP contribution in [0.15, 0.2) is 0 Å². The zero-order chi connectivity index (χ0) is 12.3. The minimum Gasteiger partial charge on any atom is -0.391 e. The van der Waals surface area contributed by atoms with E-state index in [1.54, 1.807) is 0 Å². The summed E-state index contributed by atoms with van der Waals surface area (Å²) in [6, 6.07) is 0. The van der Waals surface area contributed by atoms with Crippen LogP contribution in [-0.4, -0.2) is 35.7 Å². The van der Waals surface area contributed by atoms with E-state index in [4.69, 9.17) is 0 Å². The molecule has 0 heterocycles. The number of nitrogens with zero attached hydrogens (tertiary/aromatic N) is 1. The Morgan fingerprint density at radius 1 is 1.12 bits per heavy atom. The van der Waals surface area contributed by atoms with E-state index in [1.165, 1.54) is 57.8 Å². The highest BCUT2D eigenvalue weighted by molar-refractivity contribution is 4.96. The molecule has 2 saturated carbocycles. The normalized spacial score (nSPS) is 26.8. The first-order valence-corrected chi connectivity index (χ1v) is 7.51. The van der Waals surface area contributed by atoms with E-state index in [1.807, 2.05) is 0 Å². The number of rotatable bonds is 5. The lowest BCUT2D eigenvalue weighted by Crippen LogP contribution is -2.53. The zero-order valence-electron chi connectivity index (χ0n) is 11.6. The maximum Gasteiger partial charge on any atom is 0.0723 e. The second-order valence-electron chi connectivity index (χ2n) is 6.45. The van der Waals surface area contributed by atoms with Crippen LogP contribution in [0.4, 0.5) is 0 Å². The summed E-state index contributed by atoms with van der Waals surface area (Å²) >= 11 is 0. The van der Waals surface area contributed by atoms with E-state index in [2.05, 4.69) is 19.0 Å². The highest BCUT2D eigenvalue weighted by Gasteiger charge is 2.40. The molecule has 2 rings (SSSR count). The first kappa shape index (κ1) is 13.4. The van der Waals surface area contributed by atoms with Gasteiger partial charge in [-0.1, -0.05) is 38.5 Å². The monoisotopic (exact) mass is 239 g/mol. The molecule has 0 aromatic rings. The van der Waals surface area contributed by atoms with Crippen molar-refractivity contribution >= 4 is 0 Å². The van der Waals surface area contributed by atoms with Crippen LogP contribution in [0.3, 0.4) is 0 Å². The second kappa shape index (κ2) is 5.71. The molecule has 2 nitrogen and oxygen atoms in total. The van der Waals surface area contributed by atoms with Gasteiger partial charge in [-0.15, -0.1) is 0 Å². The van der Waals surface area contributed by atoms with Crippen LogP contribution < -0.4 is 0 Å². The quantitative estimate of drug-likeness (QED) is 0.745. The molecule has 2 heteroatoms. The first-order valence-electron chi connectivity index (χ1n) is 7.51. The fourth-order valence-electron chi connectivity index (χ4n) is 3.49. The molecule has 2 aliphatic carbocycles. The predicted octanol–water partition coefficient (Wildman–Crippen LogP) is 3.19. The highest BCUT2D eigenvalue weighted by Crippen LogP contribution is 2.39. The van der Waals surface area contributed by atoms with E-state index in [9.17, 15) is 5.11 Å². The summed E-state index contributed by atoms with van der Waals surface area (Å²) in [5, 5.41) is 10.7. The topological polar surface area (TPSA) is 23.5 Å². The number of hydrogen-bond acceptors (Lipinski definition) is 2. The van der Waals surface area contributed by atoms with Crippen LogP contribution in [0.25, 0.3) is 0 Å². The molecule has 1 atom stereocenters. The fourth-order valence-corrected chi connectivity index (χ4v) is 3.49. The third kappa shape index (κ3) is 3.23. The Morgan fingerprint density at radius 2 is 1.71 bits per heavy atom. The van der Waals surface area contributed by atoms with Crippen LogP contribution in [0, 0.1) is 5.92 Å². The molecule has 0 aliphatic heterocycles. The van der Waals surface area contributed by atoms with Gasteiger partial charge in [-0.3, -0.25) is 0 Å². The van der Waals surface area contributed by atoms with E-state index in [-0.39, 0.29) is 11.6 Å². The molecular formula is C15H29NO. The highest BCUT2D eigenvalue weighted by atomic mass is 16.3. The average Bonchev–Trinajstić information content (AvgIpc) is 3.12. The molecule has 0 amide bonds. The zero-order valence-corrected chi connectivity index (χ0v) is 11.6. The van der Waals surface area contributed by atoms with Gasteiger partial charge in [-0.25, -0.2) is 0 Å². The molecule has 17 heavy (non-hydrogen) atoms. The van der Waals surface area contributed by atoms with Gasteiger partial charge in [0.1, 0.15) is 0 Å². The summed E-state index contributed by atoms with van der Waals surface area (Å²) in [6.07, 6.45) is 12.6. The van der Waals surface area contributed by atoms with Crippen molar-refractivity contribution in [1.29, 1.82) is 0 Å². The van der Waals surface area contributed by atoms with Gasteiger partial charge in [-0.05, 0) is 45.7 Å². The Labute approximate surface area is 106 Å². The SMILES string of the molecule is CN(C)C1(C(O)CCC2CC2)CCCCCC1. The minimum absolute atomic E-state index is 0.0748. The van der Waals surface area contributed by atoms with Crippen LogP contribution in [-0.2, 0) is 0 Å². The second-order valence-corrected chi connectivity index (χ2v) is 6.45. The van der Waals surface area contributed by atoms with Crippen molar-refractivity contribution < 1.29 is 5.11 Å². The number of likely N-dealkylation sites (N-methyl/N-ethyl adjacent to an activating group) is 1. The van der Waals surface area contributed by atoms with Gasteiger partial charge in [0.2, 0.25) is 0 Å². The predicted molar refractivity (Wildman–Crippen MR) is 72.1 cm³/mol. The number of hydrogen-bond donors (Lipinski definition) is 1. The standard InChI is InChI=1S/C15H29NO/c1-16(2)15(11-5-3-4-6-12-15)14(17)10-9-13-7-8-13/h13-14,17H,3-12H2,1-2H3. The number of aliphatic hydroxyl groups excluding tert-OH is 1. The Morgan fingerprint density at radius 3 is 2.18 bits per heavy atom. The Kier molecular flexibility index (Phi) is 4.48. The van der Waals surface area contributed by atoms with Crippen LogP contribution >= 0.6 is 0 Å². The summed E-state index contributed by atoms with van der Waals surface area (Å²) in [6.45, 7) is 0. The molecule has 0 saturated heterocycles. The van der Waals surface area contributed by atoms with Gasteiger partial charge < -0.3 is 10.0 Å². The minimum atomic E-state index is -0.115. The average molecular weight is 239 g/mol. The Hall–Kier alpha value is -0.0800. The van der Waals surface area contributed by atoms with E-state index in [0.29, 0.717) is 0 Å². The summed E-state index contributed by atoms with van der Waals surface area (Å²) in [7, 11) is 4.32. The van der Waals surface area contributed by atoms with E-state index < -0.39 is 0 Å². The molecule has 0 aromatic heterocycles. The first-order chi connectivity index (χ1) is 8.15. The van der Waals surface area contributed by atoms with Gasteiger partial charge in [0.15, 0.2) is 0 Å². The Balaban J connectivity index is 1.96. The third-order valence-electron chi connectivity index (χ3n) is 5.03. The van der Waals surface area contributed by atoms with Gasteiger partial charge in [0.25, 0.3) is 0 Å². The van der Waals surface area contributed by atoms with E-state index in [0.717, 1.165) is 12.3 Å². The third-order valence-corrected chi connectivity index (χ3v) is 5.03. The van der Waals surface area contributed by atoms with Gasteiger partial charge in [-0.2, -0.15) is 0 Å². The fraction of sp³-hybridized carbons (Fsp3) is 1.00. The molecule has 2 aliphatic rings. The molecule has 1 unspecified atom stereocenters. The molecule has 0 spiro atoms. The van der Waals surface area contributed by atoms with Crippen LogP contribution in [0.2, 0.25) is 0 Å². The molecule has 100 valence electrons. The summed E-state index contributed by atoms with van der Waals surface area (Å²) in [5.74, 6) is 0.939. The summed E-state index contributed by atoms with van der Waals surface area (Å²) in [4.78, 5) is 2.32. The van der Waals surface area contributed by atoms with Gasteiger partial charge in [0.05, 0.1) is 6.10 Å². The van der Waals surface area contributed by atoms with Crippen molar-refractivity contribution in [2.45, 2.75) is 75.9 Å². The van der Waals surface area contributed by atoms with Crippen molar-refractivity contribution in [2.75, 3.05) is 14.1 Å². The Bertz CT molecular complexity index is 227. The van der Waals surface area contributed by atoms with Crippen molar-refractivity contribution in [3.63, 3.8) is 0 Å². The molecule has 2 fully saturated rings. The largest absolute Gasteiger partial charge is 0.391 e. The van der Waals surface area contributed by atoms with Crippen LogP contribution in [0.5, 0.6) is 0 Å². The molecular weight excluding hydrogens is 210 g/mol. The number of aliphatic hydroxyl groups is 1. The maximum atomic E-state index is 10.7. The molecule has 0 bridgehead atoms. The lowest BCUT2D eigenvalue weighted by atomic mass is 9.81. The summed E-state index contributed by atoms with van der Waals surface area (Å²) < 4.78 is 0. The lowest BCUT2D eigenvalue weighted by molar-refractivity contribution is -0.0239. The molecule has 1 N–H and O–H groups in total. The van der Waals surface area contributed by atoms with Crippen LogP contribution in [0.1, 0.15) is 64.2 Å². The van der Waals surface area contributed by atoms with Crippen molar-refractivity contribution in [3.05, 3.63) is 0 Å². The van der Waals surface area contributed by atoms with Gasteiger partial charge >= 0.3 is 0 Å². The maximum absolute atomic E-state index is 10.7. The smallest absolute Gasteiger partial charge is 0.0723 e. The van der Waals surface area contributed by atoms with Gasteiger partial charge in [0, 0.05) is 5.54 Å². The molecule has 0 radical (unpaired) electrons. The summed E-state index contributed by atoms with van der Waals surface area (Å²) in [5.41, 5.74) is 0.0748. The molecule has 0 aromatic carbocycles. The lowest BCUT2D eigenvalue weighted by Gasteiger charge is -2.43. The van der Waals surface area contributed by atoms with Crippen molar-refractivity contribution in [1.82, 2.24) is 4.90 Å².